The average molecular weight is 296 g/mol. The summed E-state index contributed by atoms with van der Waals surface area (Å²) in [4.78, 5) is 16.2. The van der Waals surface area contributed by atoms with Crippen LogP contribution < -0.4 is 11.1 Å². The van der Waals surface area contributed by atoms with Gasteiger partial charge in [0.05, 0.1) is 5.69 Å². The summed E-state index contributed by atoms with van der Waals surface area (Å²) in [5.74, 6) is 0.471. The molecule has 0 radical (unpaired) electrons. The monoisotopic (exact) mass is 295 g/mol. The van der Waals surface area contributed by atoms with Crippen molar-refractivity contribution in [3.63, 3.8) is 0 Å². The van der Waals surface area contributed by atoms with Gasteiger partial charge in [0.15, 0.2) is 0 Å². The minimum atomic E-state index is -0.249. The molecule has 0 aliphatic carbocycles. The Kier molecular flexibility index (Phi) is 6.21. The third-order valence-corrected chi connectivity index (χ3v) is 2.69. The van der Waals surface area contributed by atoms with Crippen LogP contribution in [0.15, 0.2) is 34.7 Å². The van der Waals surface area contributed by atoms with Crippen LogP contribution in [0.5, 0.6) is 0 Å². The highest BCUT2D eigenvalue weighted by atomic mass is 35.5. The van der Waals surface area contributed by atoms with Gasteiger partial charge in [0, 0.05) is 12.1 Å². The van der Waals surface area contributed by atoms with Crippen molar-refractivity contribution in [1.82, 2.24) is 10.3 Å². The Hall–Kier alpha value is -1.85. The van der Waals surface area contributed by atoms with Gasteiger partial charge in [0.25, 0.3) is 5.91 Å². The van der Waals surface area contributed by atoms with E-state index in [2.05, 4.69) is 10.3 Å². The summed E-state index contributed by atoms with van der Waals surface area (Å²) < 4.78 is 5.54. The molecule has 1 amide bonds. The second-order valence-corrected chi connectivity index (χ2v) is 4.20. The van der Waals surface area contributed by atoms with Crippen molar-refractivity contribution in [3.05, 3.63) is 41.8 Å². The van der Waals surface area contributed by atoms with Gasteiger partial charge in [-0.25, -0.2) is 4.98 Å². The number of hydrogen-bond donors (Lipinski definition) is 2. The second kappa shape index (κ2) is 7.67. The quantitative estimate of drug-likeness (QED) is 0.828. The summed E-state index contributed by atoms with van der Waals surface area (Å²) in [5.41, 5.74) is 6.82. The molecular weight excluding hydrogens is 278 g/mol. The van der Waals surface area contributed by atoms with Crippen molar-refractivity contribution in [2.24, 2.45) is 5.73 Å². The van der Waals surface area contributed by atoms with E-state index in [0.717, 1.165) is 12.0 Å². The highest BCUT2D eigenvalue weighted by Gasteiger charge is 2.17. The Bertz CT molecular complexity index is 555. The van der Waals surface area contributed by atoms with Crippen molar-refractivity contribution < 1.29 is 9.21 Å². The van der Waals surface area contributed by atoms with Crippen molar-refractivity contribution >= 4 is 18.3 Å². The van der Waals surface area contributed by atoms with Crippen LogP contribution in [0.1, 0.15) is 22.7 Å². The van der Waals surface area contributed by atoms with Crippen molar-refractivity contribution in [2.45, 2.75) is 13.3 Å². The molecule has 5 nitrogen and oxygen atoms in total. The molecule has 20 heavy (non-hydrogen) atoms. The number of hydrogen-bond acceptors (Lipinski definition) is 4. The predicted octanol–water partition coefficient (Wildman–Crippen LogP) is 2.15. The third kappa shape index (κ3) is 3.82. The molecule has 0 aliphatic rings. The lowest BCUT2D eigenvalue weighted by Crippen LogP contribution is -2.26. The molecule has 0 bridgehead atoms. The molecule has 0 atom stereocenters. The summed E-state index contributed by atoms with van der Waals surface area (Å²) in [7, 11) is 0. The first-order valence-corrected chi connectivity index (χ1v) is 6.23. The van der Waals surface area contributed by atoms with E-state index in [1.807, 2.05) is 30.3 Å². The first kappa shape index (κ1) is 16.2. The summed E-state index contributed by atoms with van der Waals surface area (Å²) in [6.07, 6.45) is 0.741. The molecule has 0 saturated heterocycles. The van der Waals surface area contributed by atoms with E-state index < -0.39 is 0 Å². The van der Waals surface area contributed by atoms with Gasteiger partial charge in [0.2, 0.25) is 11.7 Å². The number of rotatable bonds is 5. The molecule has 2 rings (SSSR count). The average Bonchev–Trinajstić information content (AvgIpc) is 2.82. The van der Waals surface area contributed by atoms with Gasteiger partial charge in [-0.1, -0.05) is 18.2 Å². The summed E-state index contributed by atoms with van der Waals surface area (Å²) in [6, 6.07) is 9.49. The normalized spacial score (nSPS) is 9.90. The van der Waals surface area contributed by atoms with E-state index in [0.29, 0.717) is 24.7 Å². The zero-order valence-electron chi connectivity index (χ0n) is 11.3. The molecule has 1 aromatic carbocycles. The predicted molar refractivity (Wildman–Crippen MR) is 79.9 cm³/mol. The number of aryl methyl sites for hydroxylation is 1. The van der Waals surface area contributed by atoms with Crippen LogP contribution in [-0.2, 0) is 0 Å². The molecule has 0 aliphatic heterocycles. The molecular formula is C14H18ClN3O2. The SMILES string of the molecule is Cc1nc(-c2ccccc2)oc1C(=O)NCCCN.Cl. The van der Waals surface area contributed by atoms with E-state index >= 15 is 0 Å². The van der Waals surface area contributed by atoms with Crippen LogP contribution >= 0.6 is 12.4 Å². The van der Waals surface area contributed by atoms with Gasteiger partial charge in [-0.3, -0.25) is 4.79 Å². The van der Waals surface area contributed by atoms with Crippen molar-refractivity contribution in [1.29, 1.82) is 0 Å². The standard InChI is InChI=1S/C14H17N3O2.ClH/c1-10-12(13(18)16-9-5-8-15)19-14(17-10)11-6-3-2-4-7-11;/h2-4,6-7H,5,8-9,15H2,1H3,(H,16,18);1H. The maximum Gasteiger partial charge on any atom is 0.289 e. The smallest absolute Gasteiger partial charge is 0.289 e. The molecule has 0 fully saturated rings. The number of oxazole rings is 1. The topological polar surface area (TPSA) is 81.2 Å². The number of carbonyl (C=O) groups is 1. The first-order chi connectivity index (χ1) is 9.22. The second-order valence-electron chi connectivity index (χ2n) is 4.20. The number of carbonyl (C=O) groups excluding carboxylic acids is 1. The Morgan fingerprint density at radius 1 is 1.35 bits per heavy atom. The lowest BCUT2D eigenvalue weighted by atomic mass is 10.2. The van der Waals surface area contributed by atoms with Gasteiger partial charge < -0.3 is 15.5 Å². The van der Waals surface area contributed by atoms with Gasteiger partial charge in [-0.05, 0) is 32.0 Å². The van der Waals surface area contributed by atoms with Gasteiger partial charge in [0.1, 0.15) is 0 Å². The highest BCUT2D eigenvalue weighted by molar-refractivity contribution is 5.92. The van der Waals surface area contributed by atoms with Crippen LogP contribution in [0.2, 0.25) is 0 Å². The zero-order chi connectivity index (χ0) is 13.7. The molecule has 0 unspecified atom stereocenters. The lowest BCUT2D eigenvalue weighted by Gasteiger charge is -2.01. The minimum absolute atomic E-state index is 0. The zero-order valence-corrected chi connectivity index (χ0v) is 12.1. The number of halogens is 1. The Labute approximate surface area is 124 Å². The summed E-state index contributed by atoms with van der Waals surface area (Å²) in [5, 5.41) is 2.75. The van der Waals surface area contributed by atoms with Crippen LogP contribution in [0.4, 0.5) is 0 Å². The van der Waals surface area contributed by atoms with E-state index in [-0.39, 0.29) is 24.1 Å². The van der Waals surface area contributed by atoms with E-state index in [1.54, 1.807) is 6.92 Å². The van der Waals surface area contributed by atoms with Crippen molar-refractivity contribution in [3.8, 4) is 11.5 Å². The summed E-state index contributed by atoms with van der Waals surface area (Å²) >= 11 is 0. The molecule has 1 aromatic heterocycles. The number of benzene rings is 1. The molecule has 108 valence electrons. The number of amides is 1. The lowest BCUT2D eigenvalue weighted by molar-refractivity contribution is 0.0926. The fourth-order valence-electron chi connectivity index (χ4n) is 1.70. The van der Waals surface area contributed by atoms with Crippen LogP contribution in [0, 0.1) is 6.92 Å². The fourth-order valence-corrected chi connectivity index (χ4v) is 1.70. The Morgan fingerprint density at radius 2 is 2.05 bits per heavy atom. The largest absolute Gasteiger partial charge is 0.431 e. The molecule has 6 heteroatoms. The maximum absolute atomic E-state index is 11.9. The van der Waals surface area contributed by atoms with E-state index in [9.17, 15) is 4.79 Å². The van der Waals surface area contributed by atoms with Crippen LogP contribution in [0.25, 0.3) is 11.5 Å². The fraction of sp³-hybridized carbons (Fsp3) is 0.286. The number of nitrogens with one attached hydrogen (secondary N) is 1. The van der Waals surface area contributed by atoms with Gasteiger partial charge >= 0.3 is 0 Å². The van der Waals surface area contributed by atoms with Gasteiger partial charge in [-0.15, -0.1) is 12.4 Å². The third-order valence-electron chi connectivity index (χ3n) is 2.69. The molecule has 0 spiro atoms. The Morgan fingerprint density at radius 3 is 2.70 bits per heavy atom. The first-order valence-electron chi connectivity index (χ1n) is 6.23. The molecule has 2 aromatic rings. The maximum atomic E-state index is 11.9. The molecule has 3 N–H and O–H groups in total. The highest BCUT2D eigenvalue weighted by Crippen LogP contribution is 2.21. The Balaban J connectivity index is 0.00000200. The molecule has 1 heterocycles. The number of aromatic nitrogens is 1. The minimum Gasteiger partial charge on any atom is -0.431 e. The number of nitrogens with zero attached hydrogens (tertiary/aromatic N) is 1. The number of nitrogens with two attached hydrogens (primary N) is 1. The van der Waals surface area contributed by atoms with Crippen molar-refractivity contribution in [2.75, 3.05) is 13.1 Å². The van der Waals surface area contributed by atoms with E-state index in [4.69, 9.17) is 10.2 Å². The van der Waals surface area contributed by atoms with Gasteiger partial charge in [-0.2, -0.15) is 0 Å². The van der Waals surface area contributed by atoms with Crippen LogP contribution in [-0.4, -0.2) is 24.0 Å². The van der Waals surface area contributed by atoms with Crippen LogP contribution in [0.3, 0.4) is 0 Å². The molecule has 0 saturated carbocycles. The van der Waals surface area contributed by atoms with E-state index in [1.165, 1.54) is 0 Å². The summed E-state index contributed by atoms with van der Waals surface area (Å²) in [6.45, 7) is 2.84.